The highest BCUT2D eigenvalue weighted by Crippen LogP contribution is 2.29. The minimum Gasteiger partial charge on any atom is -0.500 e. The second-order valence-corrected chi connectivity index (χ2v) is 6.16. The first-order valence-electron chi connectivity index (χ1n) is 7.72. The van der Waals surface area contributed by atoms with Gasteiger partial charge in [-0.3, -0.25) is 0 Å². The Bertz CT molecular complexity index is 578. The third kappa shape index (κ3) is 4.93. The Kier molecular flexibility index (Phi) is 7.49. The van der Waals surface area contributed by atoms with Crippen LogP contribution in [0.2, 0.25) is 0 Å². The summed E-state index contributed by atoms with van der Waals surface area (Å²) in [6.07, 6.45) is 10.7. The molecule has 1 aliphatic heterocycles. The van der Waals surface area contributed by atoms with E-state index in [-0.39, 0.29) is 12.3 Å². The van der Waals surface area contributed by atoms with Crippen molar-refractivity contribution in [1.29, 1.82) is 0 Å². The fourth-order valence-corrected chi connectivity index (χ4v) is 3.15. The lowest BCUT2D eigenvalue weighted by molar-refractivity contribution is 0.113. The molecular weight excluding hydrogens is 326 g/mol. The van der Waals surface area contributed by atoms with Crippen LogP contribution in [-0.2, 0) is 18.9 Å². The van der Waals surface area contributed by atoms with Crippen LogP contribution in [0.5, 0.6) is 0 Å². The zero-order valence-corrected chi connectivity index (χ0v) is 15.4. The average Bonchev–Trinajstić information content (AvgIpc) is 2.65. The largest absolute Gasteiger partial charge is 0.500 e. The standard InChI is InChI=1S/C18H25NO4S/c1-20-14-9-16(21-2)15(17(10-14)22-3)7-8-24-12-13-5-6-18(23-4)19-11-13/h5-9,11,14,18-19H,10,12H2,1-4H3/b8-7+. The second kappa shape index (κ2) is 9.61. The van der Waals surface area contributed by atoms with Gasteiger partial charge in [0.05, 0.1) is 25.9 Å². The van der Waals surface area contributed by atoms with Crippen molar-refractivity contribution in [1.82, 2.24) is 5.32 Å². The fraction of sp³-hybridized carbons (Fsp3) is 0.444. The monoisotopic (exact) mass is 351 g/mol. The lowest BCUT2D eigenvalue weighted by Gasteiger charge is -2.23. The van der Waals surface area contributed by atoms with Gasteiger partial charge in [-0.2, -0.15) is 0 Å². The zero-order valence-electron chi connectivity index (χ0n) is 14.6. The number of thioether (sulfide) groups is 1. The van der Waals surface area contributed by atoms with Crippen LogP contribution in [0.25, 0.3) is 0 Å². The first kappa shape index (κ1) is 18.7. The van der Waals surface area contributed by atoms with Crippen molar-refractivity contribution < 1.29 is 18.9 Å². The normalized spacial score (nSPS) is 23.8. The quantitative estimate of drug-likeness (QED) is 0.725. The summed E-state index contributed by atoms with van der Waals surface area (Å²) in [6, 6.07) is 0. The maximum atomic E-state index is 5.51. The lowest BCUT2D eigenvalue weighted by atomic mass is 10.0. The number of allylic oxidation sites excluding steroid dienone is 2. The van der Waals surface area contributed by atoms with E-state index in [1.165, 1.54) is 5.57 Å². The molecule has 5 nitrogen and oxygen atoms in total. The van der Waals surface area contributed by atoms with Gasteiger partial charge < -0.3 is 24.3 Å². The number of hydrogen-bond acceptors (Lipinski definition) is 6. The van der Waals surface area contributed by atoms with Crippen molar-refractivity contribution in [2.75, 3.05) is 34.2 Å². The van der Waals surface area contributed by atoms with Crippen LogP contribution >= 0.6 is 11.8 Å². The van der Waals surface area contributed by atoms with E-state index in [4.69, 9.17) is 18.9 Å². The smallest absolute Gasteiger partial charge is 0.146 e. The second-order valence-electron chi connectivity index (χ2n) is 5.27. The van der Waals surface area contributed by atoms with Gasteiger partial charge in [-0.15, -0.1) is 11.8 Å². The fourth-order valence-electron chi connectivity index (χ4n) is 2.45. The van der Waals surface area contributed by atoms with Gasteiger partial charge in [0.1, 0.15) is 17.7 Å². The highest BCUT2D eigenvalue weighted by atomic mass is 32.2. The van der Waals surface area contributed by atoms with E-state index in [0.29, 0.717) is 6.42 Å². The minimum atomic E-state index is -0.0333. The molecule has 0 fully saturated rings. The van der Waals surface area contributed by atoms with Gasteiger partial charge in [-0.05, 0) is 29.2 Å². The topological polar surface area (TPSA) is 49.0 Å². The van der Waals surface area contributed by atoms with Crippen molar-refractivity contribution >= 4 is 11.8 Å². The Labute approximate surface area is 148 Å². The van der Waals surface area contributed by atoms with E-state index >= 15 is 0 Å². The predicted molar refractivity (Wildman–Crippen MR) is 97.3 cm³/mol. The summed E-state index contributed by atoms with van der Waals surface area (Å²) < 4.78 is 21.6. The van der Waals surface area contributed by atoms with E-state index in [9.17, 15) is 0 Å². The van der Waals surface area contributed by atoms with Crippen LogP contribution in [0, 0.1) is 0 Å². The molecule has 1 aliphatic carbocycles. The Morgan fingerprint density at radius 3 is 2.62 bits per heavy atom. The van der Waals surface area contributed by atoms with Crippen LogP contribution < -0.4 is 5.32 Å². The van der Waals surface area contributed by atoms with Gasteiger partial charge in [-0.25, -0.2) is 0 Å². The molecule has 24 heavy (non-hydrogen) atoms. The summed E-state index contributed by atoms with van der Waals surface area (Å²) in [5.74, 6) is 2.53. The Morgan fingerprint density at radius 2 is 2.04 bits per heavy atom. The third-order valence-corrected chi connectivity index (χ3v) is 4.64. The lowest BCUT2D eigenvalue weighted by Crippen LogP contribution is -2.26. The number of dihydropyridines is 1. The van der Waals surface area contributed by atoms with Crippen LogP contribution in [0.15, 0.2) is 58.6 Å². The van der Waals surface area contributed by atoms with Crippen LogP contribution in [0.4, 0.5) is 0 Å². The zero-order chi connectivity index (χ0) is 17.4. The number of rotatable bonds is 8. The summed E-state index contributed by atoms with van der Waals surface area (Å²) in [5.41, 5.74) is 2.18. The predicted octanol–water partition coefficient (Wildman–Crippen LogP) is 3.10. The molecule has 2 unspecified atom stereocenters. The summed E-state index contributed by atoms with van der Waals surface area (Å²) in [6.45, 7) is 0. The van der Waals surface area contributed by atoms with Gasteiger partial charge in [0.25, 0.3) is 0 Å². The molecule has 6 heteroatoms. The molecule has 0 radical (unpaired) electrons. The molecule has 2 atom stereocenters. The van der Waals surface area contributed by atoms with Gasteiger partial charge in [-0.1, -0.05) is 6.08 Å². The van der Waals surface area contributed by atoms with Crippen LogP contribution in [0.1, 0.15) is 6.42 Å². The minimum absolute atomic E-state index is 0.0166. The maximum Gasteiger partial charge on any atom is 0.146 e. The molecule has 0 saturated heterocycles. The molecule has 0 amide bonds. The molecule has 0 saturated carbocycles. The Hall–Kier alpha value is -1.63. The third-order valence-electron chi connectivity index (χ3n) is 3.81. The molecule has 1 N–H and O–H groups in total. The molecule has 0 aromatic carbocycles. The maximum absolute atomic E-state index is 5.51. The Balaban J connectivity index is 1.95. The molecule has 0 aromatic rings. The first-order chi connectivity index (χ1) is 11.7. The molecule has 2 rings (SSSR count). The number of nitrogens with one attached hydrogen (secondary N) is 1. The van der Waals surface area contributed by atoms with E-state index in [1.807, 2.05) is 24.4 Å². The number of hydrogen-bond donors (Lipinski definition) is 1. The van der Waals surface area contributed by atoms with Crippen molar-refractivity contribution in [2.45, 2.75) is 18.8 Å². The summed E-state index contributed by atoms with van der Waals surface area (Å²) in [7, 11) is 6.70. The molecule has 2 aliphatic rings. The number of methoxy groups -OCH3 is 4. The molecule has 0 bridgehead atoms. The summed E-state index contributed by atoms with van der Waals surface area (Å²) in [5, 5.41) is 5.23. The molecule has 1 heterocycles. The SMILES string of the molecule is COC1=CC(OC)CC(OC)=C1/C=C/SCC1=CNC(OC)C=C1. The van der Waals surface area contributed by atoms with Crippen molar-refractivity contribution in [3.63, 3.8) is 0 Å². The van der Waals surface area contributed by atoms with Crippen molar-refractivity contribution in [2.24, 2.45) is 0 Å². The molecule has 0 aromatic heterocycles. The van der Waals surface area contributed by atoms with Crippen molar-refractivity contribution in [3.8, 4) is 0 Å². The van der Waals surface area contributed by atoms with Crippen molar-refractivity contribution in [3.05, 3.63) is 58.6 Å². The molecule has 132 valence electrons. The molecular formula is C18H25NO4S. The van der Waals surface area contributed by atoms with Gasteiger partial charge in [0.15, 0.2) is 0 Å². The van der Waals surface area contributed by atoms with E-state index in [2.05, 4.69) is 16.8 Å². The first-order valence-corrected chi connectivity index (χ1v) is 8.77. The van der Waals surface area contributed by atoms with E-state index in [0.717, 1.165) is 22.8 Å². The highest BCUT2D eigenvalue weighted by molar-refractivity contribution is 8.02. The van der Waals surface area contributed by atoms with Gasteiger partial charge in [0, 0.05) is 32.6 Å². The van der Waals surface area contributed by atoms with Gasteiger partial charge in [0.2, 0.25) is 0 Å². The number of ether oxygens (including phenoxy) is 4. The molecule has 0 spiro atoms. The highest BCUT2D eigenvalue weighted by Gasteiger charge is 2.22. The van der Waals surface area contributed by atoms with Crippen LogP contribution in [-0.4, -0.2) is 46.5 Å². The van der Waals surface area contributed by atoms with Crippen LogP contribution in [0.3, 0.4) is 0 Å². The Morgan fingerprint density at radius 1 is 1.21 bits per heavy atom. The van der Waals surface area contributed by atoms with E-state index in [1.54, 1.807) is 40.2 Å². The van der Waals surface area contributed by atoms with Gasteiger partial charge >= 0.3 is 0 Å². The summed E-state index contributed by atoms with van der Waals surface area (Å²) >= 11 is 1.71. The summed E-state index contributed by atoms with van der Waals surface area (Å²) in [4.78, 5) is 0. The van der Waals surface area contributed by atoms with E-state index < -0.39 is 0 Å². The average molecular weight is 351 g/mol.